The van der Waals surface area contributed by atoms with E-state index in [9.17, 15) is 24.0 Å². The van der Waals surface area contributed by atoms with Crippen LogP contribution in [0.3, 0.4) is 0 Å². The number of nitrogens with zero attached hydrogens (tertiary/aromatic N) is 7. The molecular weight excluding hydrogens is 773 g/mol. The zero-order chi connectivity index (χ0) is 42.3. The Labute approximate surface area is 338 Å². The van der Waals surface area contributed by atoms with Gasteiger partial charge in [-0.1, -0.05) is 18.2 Å². The fourth-order valence-corrected chi connectivity index (χ4v) is 7.10. The minimum Gasteiger partial charge on any atom is -0.478 e. The number of aromatic nitrogens is 6. The van der Waals surface area contributed by atoms with Crippen LogP contribution in [0.25, 0.3) is 70.3 Å². The van der Waals surface area contributed by atoms with Crippen molar-refractivity contribution in [3.63, 3.8) is 0 Å². The number of carbonyl (C=O) groups is 5. The largest absolute Gasteiger partial charge is 0.478 e. The van der Waals surface area contributed by atoms with Crippen molar-refractivity contribution in [2.75, 3.05) is 7.11 Å². The monoisotopic (exact) mass is 804 g/mol. The van der Waals surface area contributed by atoms with E-state index in [4.69, 9.17) is 26.3 Å². The fourth-order valence-electron chi connectivity index (χ4n) is 7.10. The minimum absolute atomic E-state index is 0.0122. The number of hydrogen-bond donors (Lipinski definition) is 3. The van der Waals surface area contributed by atoms with E-state index in [1.54, 1.807) is 90.3 Å². The van der Waals surface area contributed by atoms with Gasteiger partial charge in [0.1, 0.15) is 0 Å². The smallest absolute Gasteiger partial charge is 0.337 e. The number of esters is 1. The number of carboxylic acid groups (broad SMARTS) is 2. The second-order valence-electron chi connectivity index (χ2n) is 12.9. The molecule has 17 nitrogen and oxygen atoms in total. The number of ether oxygens (including phenoxy) is 2. The maximum atomic E-state index is 11.6. The molecule has 9 rings (SSSR count). The molecule has 0 aliphatic heterocycles. The highest BCUT2D eigenvalue weighted by Crippen LogP contribution is 2.31. The van der Waals surface area contributed by atoms with Crippen molar-refractivity contribution in [3.05, 3.63) is 138 Å². The molecule has 60 heavy (non-hydrogen) atoms. The average molecular weight is 805 g/mol. The quantitative estimate of drug-likeness (QED) is 0.0772. The van der Waals surface area contributed by atoms with Gasteiger partial charge in [-0.25, -0.2) is 21.0 Å². The first-order valence-corrected chi connectivity index (χ1v) is 17.9. The number of fused-ring (bicyclic) bond motifs is 9. The van der Waals surface area contributed by atoms with Crippen LogP contribution in [-0.4, -0.2) is 76.8 Å². The number of rotatable bonds is 10. The van der Waals surface area contributed by atoms with Gasteiger partial charge in [-0.2, -0.15) is 0 Å². The Morgan fingerprint density at radius 2 is 1.08 bits per heavy atom. The lowest BCUT2D eigenvalue weighted by molar-refractivity contribution is -0.131. The van der Waals surface area contributed by atoms with E-state index in [-0.39, 0.29) is 37.2 Å². The molecule has 0 atom stereocenters. The fraction of sp³-hybridized carbons (Fsp3) is 0.0930. The molecule has 0 spiro atoms. The van der Waals surface area contributed by atoms with Crippen molar-refractivity contribution < 1.29 is 43.7 Å². The Hall–Kier alpha value is -8.65. The lowest BCUT2D eigenvalue weighted by Gasteiger charge is -2.06. The van der Waals surface area contributed by atoms with Crippen molar-refractivity contribution in [1.29, 1.82) is 0 Å². The third kappa shape index (κ3) is 7.46. The number of carbonyl (C=O) groups excluding carboxylic acids is 3. The molecule has 0 fully saturated rings. The predicted octanol–water partition coefficient (Wildman–Crippen LogP) is 6.46. The second-order valence-corrected chi connectivity index (χ2v) is 12.9. The highest BCUT2D eigenvalue weighted by molar-refractivity contribution is 6.11. The molecule has 0 aliphatic rings. The molecule has 0 radical (unpaired) electrons. The molecule has 1 amide bonds. The molecule has 0 saturated heterocycles. The molecule has 6 aromatic heterocycles. The van der Waals surface area contributed by atoms with Gasteiger partial charge >= 0.3 is 17.9 Å². The number of nitrogens with one attached hydrogen (secondary N) is 1. The van der Waals surface area contributed by atoms with Crippen LogP contribution in [0.1, 0.15) is 31.1 Å². The van der Waals surface area contributed by atoms with E-state index in [1.807, 2.05) is 33.4 Å². The Morgan fingerprint density at radius 3 is 1.55 bits per heavy atom. The van der Waals surface area contributed by atoms with Crippen LogP contribution in [0, 0.1) is 6.57 Å². The van der Waals surface area contributed by atoms with E-state index >= 15 is 0 Å². The van der Waals surface area contributed by atoms with Crippen LogP contribution in [0.5, 0.6) is 0 Å². The molecule has 3 N–H and O–H groups in total. The van der Waals surface area contributed by atoms with Gasteiger partial charge in [-0.05, 0) is 54.6 Å². The molecule has 6 heterocycles. The maximum absolute atomic E-state index is 11.6. The van der Waals surface area contributed by atoms with Crippen LogP contribution in [-0.2, 0) is 39.1 Å². The molecule has 0 aliphatic carbocycles. The average Bonchev–Trinajstić information content (AvgIpc) is 3.89. The van der Waals surface area contributed by atoms with E-state index in [1.165, 1.54) is 7.11 Å². The normalized spacial score (nSPS) is 10.7. The minimum atomic E-state index is -1.00. The van der Waals surface area contributed by atoms with Gasteiger partial charge in [0.25, 0.3) is 13.1 Å². The first-order chi connectivity index (χ1) is 29.2. The van der Waals surface area contributed by atoms with E-state index < -0.39 is 11.9 Å². The van der Waals surface area contributed by atoms with Crippen LogP contribution in [0.4, 0.5) is 0 Å². The molecule has 0 bridgehead atoms. The van der Waals surface area contributed by atoms with Crippen LogP contribution >= 0.6 is 0 Å². The molecule has 17 heteroatoms. The van der Waals surface area contributed by atoms with Gasteiger partial charge in [0.15, 0.2) is 6.73 Å². The Morgan fingerprint density at radius 1 is 0.650 bits per heavy atom. The summed E-state index contributed by atoms with van der Waals surface area (Å²) in [7, 11) is 1.35. The lowest BCUT2D eigenvalue weighted by Crippen LogP contribution is -2.16. The molecule has 0 saturated carbocycles. The number of methoxy groups -OCH3 is 1. The number of pyridine rings is 3. The summed E-state index contributed by atoms with van der Waals surface area (Å²) in [6.07, 6.45) is 10.8. The van der Waals surface area contributed by atoms with Gasteiger partial charge in [-0.3, -0.25) is 34.0 Å². The Bertz CT molecular complexity index is 3040. The Kier molecular flexibility index (Phi) is 11.4. The van der Waals surface area contributed by atoms with Gasteiger partial charge < -0.3 is 34.1 Å². The number of carboxylic acids is 2. The molecule has 298 valence electrons. The topological polar surface area (TPSA) is 214 Å². The number of amides is 1. The summed E-state index contributed by atoms with van der Waals surface area (Å²) >= 11 is 0. The van der Waals surface area contributed by atoms with Gasteiger partial charge in [-0.15, -0.1) is 0 Å². The molecular formula is C43H32N8O9. The molecule has 0 unspecified atom stereocenters. The summed E-state index contributed by atoms with van der Waals surface area (Å²) in [5.74, 6) is -2.37. The summed E-state index contributed by atoms with van der Waals surface area (Å²) in [5.41, 5.74) is 5.67. The zero-order valence-electron chi connectivity index (χ0n) is 31.6. The summed E-state index contributed by atoms with van der Waals surface area (Å²) in [6.45, 7) is 7.92. The van der Waals surface area contributed by atoms with Crippen molar-refractivity contribution >= 4 is 96.2 Å². The van der Waals surface area contributed by atoms with Crippen LogP contribution in [0.15, 0.2) is 110 Å². The third-order valence-electron chi connectivity index (χ3n) is 9.74. The predicted molar refractivity (Wildman–Crippen MR) is 220 cm³/mol. The SMILES string of the molecule is O=CNCn1c2cnccc2c2ccc(C(=O)O)cc21.O=COCn1c2cnccc2c2ccc(C(=O)O)cc21.[C-]#[N+]Cn1c2cnccc2c2ccc(C(=O)OC)cc21. The van der Waals surface area contributed by atoms with Crippen molar-refractivity contribution in [2.24, 2.45) is 0 Å². The summed E-state index contributed by atoms with van der Waals surface area (Å²) in [5, 5.41) is 26.5. The van der Waals surface area contributed by atoms with Gasteiger partial charge in [0.05, 0.1) is 82.2 Å². The highest BCUT2D eigenvalue weighted by atomic mass is 16.5. The van der Waals surface area contributed by atoms with Crippen molar-refractivity contribution in [3.8, 4) is 0 Å². The van der Waals surface area contributed by atoms with Gasteiger partial charge in [0, 0.05) is 50.9 Å². The van der Waals surface area contributed by atoms with Crippen LogP contribution < -0.4 is 5.32 Å². The molecule has 9 aromatic rings. The van der Waals surface area contributed by atoms with Crippen molar-refractivity contribution in [1.82, 2.24) is 34.0 Å². The van der Waals surface area contributed by atoms with E-state index in [0.717, 1.165) is 59.9 Å². The maximum Gasteiger partial charge on any atom is 0.337 e. The van der Waals surface area contributed by atoms with E-state index in [0.29, 0.717) is 24.0 Å². The van der Waals surface area contributed by atoms with Crippen LogP contribution in [0.2, 0.25) is 0 Å². The summed E-state index contributed by atoms with van der Waals surface area (Å²) in [4.78, 5) is 70.4. The Balaban J connectivity index is 0.000000136. The summed E-state index contributed by atoms with van der Waals surface area (Å²) < 4.78 is 15.0. The highest BCUT2D eigenvalue weighted by Gasteiger charge is 2.16. The standard InChI is InChI=1S/C15H11N3O2.C14H11N3O3.C14H10N2O4/c1-16-9-18-13-7-10(15(19)20-2)3-4-11(13)12-5-6-17-8-14(12)18;18-8-16-7-17-12-5-9(14(19)20)1-2-10(12)11-3-4-15-6-13(11)17;17-8-20-7-16-12-5-9(14(18)19)1-2-10(12)11-3-4-15-6-13(11)16/h3-8H,9H2,2H3;1-6,8H,7H2,(H,16,18)(H,19,20);1-6,8H,7H2,(H,18,19). The zero-order valence-corrected chi connectivity index (χ0v) is 31.6. The number of benzene rings is 3. The summed E-state index contributed by atoms with van der Waals surface area (Å²) in [6, 6.07) is 20.8. The number of aromatic carboxylic acids is 2. The second kappa shape index (κ2) is 17.2. The van der Waals surface area contributed by atoms with Crippen molar-refractivity contribution in [2.45, 2.75) is 20.1 Å². The molecule has 3 aromatic carbocycles. The number of hydrogen-bond acceptors (Lipinski definition) is 10. The first-order valence-electron chi connectivity index (χ1n) is 17.9. The first kappa shape index (κ1) is 39.6. The van der Waals surface area contributed by atoms with Gasteiger partial charge in [0.2, 0.25) is 6.41 Å². The third-order valence-corrected chi connectivity index (χ3v) is 9.74. The lowest BCUT2D eigenvalue weighted by atomic mass is 10.1. The van der Waals surface area contributed by atoms with E-state index in [2.05, 4.69) is 25.1 Å².